The molecule has 0 spiro atoms. The van der Waals surface area contributed by atoms with Gasteiger partial charge in [-0.2, -0.15) is 0 Å². The van der Waals surface area contributed by atoms with E-state index in [1.807, 2.05) is 6.92 Å². The lowest BCUT2D eigenvalue weighted by Gasteiger charge is -2.37. The van der Waals surface area contributed by atoms with Gasteiger partial charge in [-0.15, -0.1) is 0 Å². The van der Waals surface area contributed by atoms with Crippen molar-refractivity contribution in [3.63, 3.8) is 0 Å². The molecule has 252 valence electrons. The van der Waals surface area contributed by atoms with E-state index in [9.17, 15) is 19.5 Å². The fraction of sp³-hybridized carbons (Fsp3) is 0.694. The molecule has 3 rings (SSSR count). The molecule has 0 aliphatic carbocycles. The molecule has 1 aromatic carbocycles. The van der Waals surface area contributed by atoms with Gasteiger partial charge in [0, 0.05) is 0 Å². The number of fused-ring (bicyclic) bond motifs is 1. The maximum atomic E-state index is 12.4. The number of esters is 2. The summed E-state index contributed by atoms with van der Waals surface area (Å²) in [5, 5.41) is 18.9. The van der Waals surface area contributed by atoms with Crippen LogP contribution in [0.4, 0.5) is 0 Å². The molecule has 6 atom stereocenters. The minimum atomic E-state index is -1.50. The lowest BCUT2D eigenvalue weighted by Crippen LogP contribution is -2.40. The first-order chi connectivity index (χ1) is 21.3. The number of Topliss-reactive ketones (excluding diaryl/α,β-unsaturated/α-hetero) is 1. The molecule has 2 heterocycles. The van der Waals surface area contributed by atoms with Crippen molar-refractivity contribution in [2.24, 2.45) is 17.8 Å². The van der Waals surface area contributed by atoms with Crippen LogP contribution in [0.2, 0.25) is 0 Å². The molecular formula is C36H54O9. The van der Waals surface area contributed by atoms with Gasteiger partial charge in [0.2, 0.25) is 6.10 Å². The van der Waals surface area contributed by atoms with Crippen LogP contribution >= 0.6 is 0 Å². The van der Waals surface area contributed by atoms with E-state index < -0.39 is 42.6 Å². The number of hydrogen-bond acceptors (Lipinski definition) is 9. The Morgan fingerprint density at radius 3 is 2.33 bits per heavy atom. The van der Waals surface area contributed by atoms with E-state index in [4.69, 9.17) is 24.1 Å². The van der Waals surface area contributed by atoms with Crippen LogP contribution < -0.4 is 9.47 Å². The standard InChI is InChI=1S/C36H54O9/c1-23(2)10-7-11-24(3)12-8-13-25(4)14-9-17-36(6)18-15-27-21-28(20-26(5)32(27)45-36)43-30(39)16-19-42-34-31(40)35(41)44-33(34)29(38)22-37/h16,19-21,23-25,29,33-34,37-38H,7-15,17-18,22H2,1-6H3/b19-16+. The van der Waals surface area contributed by atoms with E-state index in [1.165, 1.54) is 44.9 Å². The van der Waals surface area contributed by atoms with E-state index >= 15 is 0 Å². The summed E-state index contributed by atoms with van der Waals surface area (Å²) < 4.78 is 22.0. The van der Waals surface area contributed by atoms with Gasteiger partial charge in [-0.1, -0.05) is 72.6 Å². The predicted octanol–water partition coefficient (Wildman–Crippen LogP) is 6.17. The predicted molar refractivity (Wildman–Crippen MR) is 171 cm³/mol. The number of ether oxygens (including phenoxy) is 4. The highest BCUT2D eigenvalue weighted by molar-refractivity contribution is 6.37. The topological polar surface area (TPSA) is 129 Å². The minimum absolute atomic E-state index is 0.231. The highest BCUT2D eigenvalue weighted by Crippen LogP contribution is 2.40. The number of aryl methyl sites for hydroxylation is 2. The second kappa shape index (κ2) is 17.1. The van der Waals surface area contributed by atoms with Crippen LogP contribution in [0.15, 0.2) is 24.5 Å². The summed E-state index contributed by atoms with van der Waals surface area (Å²) >= 11 is 0. The highest BCUT2D eigenvalue weighted by atomic mass is 16.6. The number of carbonyl (C=O) groups is 3. The Kier molecular flexibility index (Phi) is 13.9. The van der Waals surface area contributed by atoms with Crippen molar-refractivity contribution >= 4 is 17.7 Å². The summed E-state index contributed by atoms with van der Waals surface area (Å²) in [6, 6.07) is 3.56. The van der Waals surface area contributed by atoms with Gasteiger partial charge in [-0.05, 0) is 80.5 Å². The van der Waals surface area contributed by atoms with Crippen LogP contribution in [0, 0.1) is 24.7 Å². The first-order valence-electron chi connectivity index (χ1n) is 16.7. The Morgan fingerprint density at radius 2 is 1.69 bits per heavy atom. The zero-order valence-corrected chi connectivity index (χ0v) is 28.0. The van der Waals surface area contributed by atoms with E-state index in [1.54, 1.807) is 12.1 Å². The van der Waals surface area contributed by atoms with Crippen LogP contribution in [0.3, 0.4) is 0 Å². The molecule has 0 aromatic heterocycles. The molecule has 0 bridgehead atoms. The maximum Gasteiger partial charge on any atom is 0.379 e. The molecule has 9 nitrogen and oxygen atoms in total. The number of hydrogen-bond donors (Lipinski definition) is 2. The summed E-state index contributed by atoms with van der Waals surface area (Å²) in [6.45, 7) is 12.8. The van der Waals surface area contributed by atoms with E-state index in [-0.39, 0.29) is 5.60 Å². The second-order valence-corrected chi connectivity index (χ2v) is 13.9. The van der Waals surface area contributed by atoms with Crippen LogP contribution in [-0.2, 0) is 30.3 Å². The lowest BCUT2D eigenvalue weighted by atomic mass is 9.85. The molecular weight excluding hydrogens is 576 g/mol. The molecule has 0 radical (unpaired) electrons. The van der Waals surface area contributed by atoms with Gasteiger partial charge in [-0.25, -0.2) is 9.59 Å². The van der Waals surface area contributed by atoms with E-state index in [2.05, 4.69) is 34.6 Å². The highest BCUT2D eigenvalue weighted by Gasteiger charge is 2.48. The molecule has 9 heteroatoms. The van der Waals surface area contributed by atoms with E-state index in [0.717, 1.165) is 66.7 Å². The summed E-state index contributed by atoms with van der Waals surface area (Å²) in [6.07, 6.45) is 10.6. The van der Waals surface area contributed by atoms with Crippen molar-refractivity contribution in [2.45, 2.75) is 136 Å². The first kappa shape index (κ1) is 36.6. The molecule has 2 aliphatic rings. The third-order valence-electron chi connectivity index (χ3n) is 9.09. The van der Waals surface area contributed by atoms with E-state index in [0.29, 0.717) is 11.7 Å². The van der Waals surface area contributed by atoms with Gasteiger partial charge in [-0.3, -0.25) is 4.79 Å². The summed E-state index contributed by atoms with van der Waals surface area (Å²) in [7, 11) is 0. The summed E-state index contributed by atoms with van der Waals surface area (Å²) in [4.78, 5) is 35.9. The molecule has 1 fully saturated rings. The third kappa shape index (κ3) is 11.1. The second-order valence-electron chi connectivity index (χ2n) is 13.9. The van der Waals surface area contributed by atoms with Gasteiger partial charge < -0.3 is 29.2 Å². The summed E-state index contributed by atoms with van der Waals surface area (Å²) in [5.74, 6) is 0.620. The maximum absolute atomic E-state index is 12.4. The average Bonchev–Trinajstić information content (AvgIpc) is 3.25. The molecule has 45 heavy (non-hydrogen) atoms. The van der Waals surface area contributed by atoms with Crippen molar-refractivity contribution in [1.82, 2.24) is 0 Å². The van der Waals surface area contributed by atoms with Crippen LogP contribution in [0.25, 0.3) is 0 Å². The Labute approximate surface area is 268 Å². The number of ketones is 1. The number of aliphatic hydroxyl groups is 2. The SMILES string of the molecule is Cc1cc(OC(=O)/C=C/OC2C(=O)C(=O)OC2C(O)CO)cc2c1OC(C)(CCCC(C)CCCC(C)CCCC(C)C)CC2. The average molecular weight is 631 g/mol. The molecule has 0 amide bonds. The smallest absolute Gasteiger partial charge is 0.379 e. The Balaban J connectivity index is 1.44. The van der Waals surface area contributed by atoms with Gasteiger partial charge in [0.05, 0.1) is 18.9 Å². The molecule has 1 aromatic rings. The fourth-order valence-corrected chi connectivity index (χ4v) is 6.24. The van der Waals surface area contributed by atoms with Crippen molar-refractivity contribution < 1.29 is 43.5 Å². The van der Waals surface area contributed by atoms with Crippen molar-refractivity contribution in [1.29, 1.82) is 0 Å². The van der Waals surface area contributed by atoms with Crippen molar-refractivity contribution in [3.05, 3.63) is 35.6 Å². The number of cyclic esters (lactones) is 1. The largest absolute Gasteiger partial charge is 0.487 e. The molecule has 6 unspecified atom stereocenters. The Hall–Kier alpha value is -2.91. The van der Waals surface area contributed by atoms with Crippen LogP contribution in [-0.4, -0.2) is 58.5 Å². The van der Waals surface area contributed by atoms with Crippen molar-refractivity contribution in [3.8, 4) is 11.5 Å². The molecule has 0 saturated carbocycles. The first-order valence-corrected chi connectivity index (χ1v) is 16.7. The number of carbonyl (C=O) groups excluding carboxylic acids is 3. The number of rotatable bonds is 18. The summed E-state index contributed by atoms with van der Waals surface area (Å²) in [5.41, 5.74) is 1.63. The molecule has 2 aliphatic heterocycles. The van der Waals surface area contributed by atoms with Crippen LogP contribution in [0.5, 0.6) is 11.5 Å². The quantitative estimate of drug-likeness (QED) is 0.0643. The van der Waals surface area contributed by atoms with Crippen LogP contribution in [0.1, 0.15) is 110 Å². The third-order valence-corrected chi connectivity index (χ3v) is 9.09. The fourth-order valence-electron chi connectivity index (χ4n) is 6.24. The lowest BCUT2D eigenvalue weighted by molar-refractivity contribution is -0.152. The number of benzene rings is 1. The van der Waals surface area contributed by atoms with Crippen molar-refractivity contribution in [2.75, 3.05) is 6.61 Å². The minimum Gasteiger partial charge on any atom is -0.487 e. The molecule has 2 N–H and O–H groups in total. The normalized spacial score (nSPS) is 23.4. The Bertz CT molecular complexity index is 1180. The number of aliphatic hydroxyl groups excluding tert-OH is 2. The van der Waals surface area contributed by atoms with Gasteiger partial charge in [0.15, 0.2) is 6.10 Å². The molecule has 1 saturated heterocycles. The zero-order chi connectivity index (χ0) is 33.1. The zero-order valence-electron chi connectivity index (χ0n) is 28.0. The van der Waals surface area contributed by atoms with Gasteiger partial charge >= 0.3 is 11.9 Å². The van der Waals surface area contributed by atoms with Gasteiger partial charge in [0.25, 0.3) is 5.78 Å². The Morgan fingerprint density at radius 1 is 1.04 bits per heavy atom. The monoisotopic (exact) mass is 630 g/mol. The van der Waals surface area contributed by atoms with Gasteiger partial charge in [0.1, 0.15) is 23.2 Å².